The number of hydrogen-bond donors (Lipinski definition) is 2. The molecule has 1 unspecified atom stereocenters. The zero-order valence-corrected chi connectivity index (χ0v) is 16.5. The predicted molar refractivity (Wildman–Crippen MR) is 102 cm³/mol. The highest BCUT2D eigenvalue weighted by Crippen LogP contribution is 2.10. The SMILES string of the molecule is CCCCCCCCCCCCOC(=O)CCNC(C(=O)O)C(C)C. The van der Waals surface area contributed by atoms with Crippen LogP contribution in [0.4, 0.5) is 0 Å². The maximum absolute atomic E-state index is 11.6. The van der Waals surface area contributed by atoms with E-state index in [1.165, 1.54) is 51.4 Å². The van der Waals surface area contributed by atoms with Gasteiger partial charge in [-0.05, 0) is 12.3 Å². The molecule has 0 radical (unpaired) electrons. The van der Waals surface area contributed by atoms with Gasteiger partial charge in [-0.2, -0.15) is 0 Å². The Hall–Kier alpha value is -1.10. The summed E-state index contributed by atoms with van der Waals surface area (Å²) in [4.78, 5) is 22.6. The van der Waals surface area contributed by atoms with Crippen molar-refractivity contribution in [1.82, 2.24) is 5.32 Å². The zero-order valence-electron chi connectivity index (χ0n) is 16.5. The van der Waals surface area contributed by atoms with Crippen molar-refractivity contribution in [2.24, 2.45) is 5.92 Å². The fraction of sp³-hybridized carbons (Fsp3) is 0.900. The third kappa shape index (κ3) is 14.9. The number of ether oxygens (including phenoxy) is 1. The first-order valence-electron chi connectivity index (χ1n) is 10.1. The summed E-state index contributed by atoms with van der Waals surface area (Å²) in [6.45, 7) is 6.74. The molecule has 0 aromatic carbocycles. The molecular formula is C20H39NO4. The van der Waals surface area contributed by atoms with Gasteiger partial charge in [-0.1, -0.05) is 78.6 Å². The van der Waals surface area contributed by atoms with Gasteiger partial charge in [0.1, 0.15) is 6.04 Å². The number of aliphatic carboxylic acids is 1. The van der Waals surface area contributed by atoms with E-state index in [0.29, 0.717) is 13.2 Å². The number of rotatable bonds is 17. The topological polar surface area (TPSA) is 75.6 Å². The molecule has 2 N–H and O–H groups in total. The molecule has 5 nitrogen and oxygen atoms in total. The van der Waals surface area contributed by atoms with Gasteiger partial charge in [0.25, 0.3) is 0 Å². The Kier molecular flexibility index (Phi) is 15.7. The van der Waals surface area contributed by atoms with Gasteiger partial charge >= 0.3 is 11.9 Å². The van der Waals surface area contributed by atoms with E-state index in [9.17, 15) is 9.59 Å². The third-order valence-electron chi connectivity index (χ3n) is 4.39. The van der Waals surface area contributed by atoms with E-state index >= 15 is 0 Å². The van der Waals surface area contributed by atoms with Gasteiger partial charge in [-0.25, -0.2) is 0 Å². The Morgan fingerprint density at radius 3 is 1.92 bits per heavy atom. The molecule has 0 aliphatic heterocycles. The molecule has 0 amide bonds. The quantitative estimate of drug-likeness (QED) is 0.295. The van der Waals surface area contributed by atoms with Gasteiger partial charge in [0.05, 0.1) is 13.0 Å². The molecule has 0 saturated carbocycles. The molecule has 5 heteroatoms. The van der Waals surface area contributed by atoms with Gasteiger partial charge in [0.15, 0.2) is 0 Å². The molecule has 0 fully saturated rings. The molecule has 0 bridgehead atoms. The smallest absolute Gasteiger partial charge is 0.320 e. The van der Waals surface area contributed by atoms with E-state index in [1.807, 2.05) is 13.8 Å². The van der Waals surface area contributed by atoms with Gasteiger partial charge in [0, 0.05) is 6.54 Å². The third-order valence-corrected chi connectivity index (χ3v) is 4.39. The van der Waals surface area contributed by atoms with Crippen LogP contribution in [0, 0.1) is 5.92 Å². The number of hydrogen-bond acceptors (Lipinski definition) is 4. The summed E-state index contributed by atoms with van der Waals surface area (Å²) < 4.78 is 5.19. The van der Waals surface area contributed by atoms with Crippen molar-refractivity contribution in [2.45, 2.75) is 97.4 Å². The lowest BCUT2D eigenvalue weighted by molar-refractivity contribution is -0.145. The molecule has 0 rings (SSSR count). The number of carboxylic acids is 1. The Bertz CT molecular complexity index is 345. The first kappa shape index (κ1) is 23.9. The van der Waals surface area contributed by atoms with Crippen molar-refractivity contribution in [3.63, 3.8) is 0 Å². The van der Waals surface area contributed by atoms with Crippen LogP contribution in [-0.2, 0) is 14.3 Å². The Balaban J connectivity index is 3.43. The fourth-order valence-electron chi connectivity index (χ4n) is 2.79. The maximum atomic E-state index is 11.6. The van der Waals surface area contributed by atoms with Crippen LogP contribution in [0.5, 0.6) is 0 Å². The second-order valence-electron chi connectivity index (χ2n) is 7.17. The standard InChI is InChI=1S/C20H39NO4/c1-4-5-6-7-8-9-10-11-12-13-16-25-18(22)14-15-21-19(17(2)3)20(23)24/h17,19,21H,4-16H2,1-3H3,(H,23,24). The summed E-state index contributed by atoms with van der Waals surface area (Å²) in [5.74, 6) is -1.15. The van der Waals surface area contributed by atoms with Crippen LogP contribution in [-0.4, -0.2) is 36.2 Å². The van der Waals surface area contributed by atoms with Crippen molar-refractivity contribution in [3.8, 4) is 0 Å². The molecule has 25 heavy (non-hydrogen) atoms. The molecule has 148 valence electrons. The number of carbonyl (C=O) groups excluding carboxylic acids is 1. The van der Waals surface area contributed by atoms with Gasteiger partial charge < -0.3 is 15.2 Å². The van der Waals surface area contributed by atoms with Crippen LogP contribution < -0.4 is 5.32 Å². The summed E-state index contributed by atoms with van der Waals surface area (Å²) in [6.07, 6.45) is 12.8. The second kappa shape index (κ2) is 16.4. The molecule has 0 heterocycles. The highest BCUT2D eigenvalue weighted by Gasteiger charge is 2.20. The molecule has 0 aliphatic rings. The average molecular weight is 358 g/mol. The van der Waals surface area contributed by atoms with Crippen molar-refractivity contribution >= 4 is 11.9 Å². The van der Waals surface area contributed by atoms with E-state index in [4.69, 9.17) is 9.84 Å². The van der Waals surface area contributed by atoms with E-state index in [-0.39, 0.29) is 18.3 Å². The van der Waals surface area contributed by atoms with Crippen molar-refractivity contribution in [2.75, 3.05) is 13.2 Å². The minimum Gasteiger partial charge on any atom is -0.480 e. The van der Waals surface area contributed by atoms with Crippen LogP contribution in [0.2, 0.25) is 0 Å². The first-order chi connectivity index (χ1) is 12.0. The summed E-state index contributed by atoms with van der Waals surface area (Å²) in [5, 5.41) is 11.9. The summed E-state index contributed by atoms with van der Waals surface area (Å²) >= 11 is 0. The predicted octanol–water partition coefficient (Wildman–Crippen LogP) is 4.54. The van der Waals surface area contributed by atoms with Gasteiger partial charge in [-0.3, -0.25) is 9.59 Å². The number of carboxylic acid groups (broad SMARTS) is 1. The molecule has 0 aromatic heterocycles. The summed E-state index contributed by atoms with van der Waals surface area (Å²) in [7, 11) is 0. The average Bonchev–Trinajstić information content (AvgIpc) is 2.55. The largest absolute Gasteiger partial charge is 0.480 e. The highest BCUT2D eigenvalue weighted by molar-refractivity contribution is 5.74. The molecule has 0 aromatic rings. The molecular weight excluding hydrogens is 318 g/mol. The van der Waals surface area contributed by atoms with Crippen LogP contribution in [0.15, 0.2) is 0 Å². The lowest BCUT2D eigenvalue weighted by Crippen LogP contribution is -2.41. The zero-order chi connectivity index (χ0) is 18.9. The summed E-state index contributed by atoms with van der Waals surface area (Å²) in [6, 6.07) is -0.616. The van der Waals surface area contributed by atoms with Crippen LogP contribution in [0.1, 0.15) is 91.4 Å². The summed E-state index contributed by atoms with van der Waals surface area (Å²) in [5.41, 5.74) is 0. The normalized spacial score (nSPS) is 12.3. The number of carbonyl (C=O) groups is 2. The molecule has 0 spiro atoms. The number of esters is 1. The fourth-order valence-corrected chi connectivity index (χ4v) is 2.79. The van der Waals surface area contributed by atoms with Crippen molar-refractivity contribution < 1.29 is 19.4 Å². The lowest BCUT2D eigenvalue weighted by Gasteiger charge is -2.17. The monoisotopic (exact) mass is 357 g/mol. The van der Waals surface area contributed by atoms with Crippen molar-refractivity contribution in [1.29, 1.82) is 0 Å². The van der Waals surface area contributed by atoms with Crippen LogP contribution in [0.3, 0.4) is 0 Å². The van der Waals surface area contributed by atoms with Crippen LogP contribution in [0.25, 0.3) is 0 Å². The molecule has 1 atom stereocenters. The number of nitrogens with one attached hydrogen (secondary N) is 1. The van der Waals surface area contributed by atoms with E-state index in [2.05, 4.69) is 12.2 Å². The Labute approximate surface area is 153 Å². The Morgan fingerprint density at radius 1 is 0.920 bits per heavy atom. The van der Waals surface area contributed by atoms with Gasteiger partial charge in [-0.15, -0.1) is 0 Å². The van der Waals surface area contributed by atoms with E-state index in [1.54, 1.807) is 0 Å². The van der Waals surface area contributed by atoms with E-state index < -0.39 is 12.0 Å². The minimum absolute atomic E-state index is 0.0137. The molecule has 0 saturated heterocycles. The minimum atomic E-state index is -0.881. The highest BCUT2D eigenvalue weighted by atomic mass is 16.5. The van der Waals surface area contributed by atoms with Gasteiger partial charge in [0.2, 0.25) is 0 Å². The number of unbranched alkanes of at least 4 members (excludes halogenated alkanes) is 9. The lowest BCUT2D eigenvalue weighted by atomic mass is 10.0. The second-order valence-corrected chi connectivity index (χ2v) is 7.17. The van der Waals surface area contributed by atoms with E-state index in [0.717, 1.165) is 12.8 Å². The van der Waals surface area contributed by atoms with Crippen LogP contribution >= 0.6 is 0 Å². The Morgan fingerprint density at radius 2 is 1.44 bits per heavy atom. The molecule has 0 aliphatic carbocycles. The first-order valence-corrected chi connectivity index (χ1v) is 10.1. The maximum Gasteiger partial charge on any atom is 0.320 e. The van der Waals surface area contributed by atoms with Crippen molar-refractivity contribution in [3.05, 3.63) is 0 Å².